The van der Waals surface area contributed by atoms with E-state index in [4.69, 9.17) is 14.2 Å². The molecule has 0 saturated heterocycles. The highest BCUT2D eigenvalue weighted by molar-refractivity contribution is 6.12. The standard InChI is InChI=1S/C25H19FN2O5/c26-18-8-5-16(6-9-18)11-23-25(30)28(19-3-1-2-4-20(19)33-23)14-24(29)27-13-17-7-10-21-22(12-17)32-15-31-21/h1-12H,13-15H2,(H,27,29)/b23-11+. The number of hydrogen-bond acceptors (Lipinski definition) is 5. The van der Waals surface area contributed by atoms with Crippen LogP contribution in [0.15, 0.2) is 72.5 Å². The summed E-state index contributed by atoms with van der Waals surface area (Å²) in [6, 6.07) is 18.1. The maximum Gasteiger partial charge on any atom is 0.294 e. The van der Waals surface area contributed by atoms with Gasteiger partial charge in [-0.05, 0) is 53.6 Å². The minimum atomic E-state index is -0.462. The van der Waals surface area contributed by atoms with Crippen LogP contribution in [0.3, 0.4) is 0 Å². The van der Waals surface area contributed by atoms with Crippen molar-refractivity contribution in [2.75, 3.05) is 18.2 Å². The number of nitrogens with one attached hydrogen (secondary N) is 1. The summed E-state index contributed by atoms with van der Waals surface area (Å²) in [4.78, 5) is 27.2. The van der Waals surface area contributed by atoms with Gasteiger partial charge in [-0.25, -0.2) is 4.39 Å². The number of carbonyl (C=O) groups is 2. The number of amides is 2. The molecule has 2 aliphatic heterocycles. The smallest absolute Gasteiger partial charge is 0.294 e. The van der Waals surface area contributed by atoms with Crippen LogP contribution in [0.1, 0.15) is 11.1 Å². The van der Waals surface area contributed by atoms with E-state index >= 15 is 0 Å². The van der Waals surface area contributed by atoms with Crippen LogP contribution in [-0.4, -0.2) is 25.2 Å². The van der Waals surface area contributed by atoms with Gasteiger partial charge in [0.1, 0.15) is 12.4 Å². The fourth-order valence-corrected chi connectivity index (χ4v) is 3.58. The van der Waals surface area contributed by atoms with Crippen LogP contribution >= 0.6 is 0 Å². The Bertz CT molecular complexity index is 1260. The van der Waals surface area contributed by atoms with Gasteiger partial charge in [0, 0.05) is 6.54 Å². The summed E-state index contributed by atoms with van der Waals surface area (Å²) >= 11 is 0. The molecule has 0 spiro atoms. The van der Waals surface area contributed by atoms with Gasteiger partial charge in [0.15, 0.2) is 23.0 Å². The topological polar surface area (TPSA) is 77.1 Å². The molecular weight excluding hydrogens is 427 g/mol. The summed E-state index contributed by atoms with van der Waals surface area (Å²) in [5, 5.41) is 2.83. The van der Waals surface area contributed by atoms with E-state index in [1.54, 1.807) is 48.5 Å². The zero-order valence-electron chi connectivity index (χ0n) is 17.4. The minimum absolute atomic E-state index is 0.0453. The molecule has 0 bridgehead atoms. The monoisotopic (exact) mass is 446 g/mol. The number of nitrogens with zero attached hydrogens (tertiary/aromatic N) is 1. The fourth-order valence-electron chi connectivity index (χ4n) is 3.58. The highest BCUT2D eigenvalue weighted by Gasteiger charge is 2.31. The van der Waals surface area contributed by atoms with E-state index in [1.807, 2.05) is 6.07 Å². The lowest BCUT2D eigenvalue weighted by atomic mass is 10.1. The zero-order valence-corrected chi connectivity index (χ0v) is 17.4. The Hall–Kier alpha value is -4.33. The molecule has 0 fully saturated rings. The molecular formula is C25H19FN2O5. The maximum atomic E-state index is 13.2. The molecule has 3 aromatic rings. The van der Waals surface area contributed by atoms with Gasteiger partial charge in [-0.3, -0.25) is 14.5 Å². The molecule has 0 aliphatic carbocycles. The Labute approximate surface area is 189 Å². The van der Waals surface area contributed by atoms with Crippen LogP contribution in [0.4, 0.5) is 10.1 Å². The summed E-state index contributed by atoms with van der Waals surface area (Å²) in [5.74, 6) is 0.628. The fraction of sp³-hybridized carbons (Fsp3) is 0.120. The molecule has 3 aromatic carbocycles. The highest BCUT2D eigenvalue weighted by atomic mass is 19.1. The lowest BCUT2D eigenvalue weighted by molar-refractivity contribution is -0.123. The Morgan fingerprint density at radius 2 is 1.79 bits per heavy atom. The van der Waals surface area contributed by atoms with E-state index in [0.717, 1.165) is 5.56 Å². The van der Waals surface area contributed by atoms with Crippen molar-refractivity contribution < 1.29 is 28.2 Å². The van der Waals surface area contributed by atoms with Crippen molar-refractivity contribution in [1.82, 2.24) is 5.32 Å². The van der Waals surface area contributed by atoms with Gasteiger partial charge >= 0.3 is 0 Å². The summed E-state index contributed by atoms with van der Waals surface area (Å²) in [5.41, 5.74) is 1.95. The maximum absolute atomic E-state index is 13.2. The quantitative estimate of drug-likeness (QED) is 0.606. The van der Waals surface area contributed by atoms with Crippen LogP contribution in [0.5, 0.6) is 17.2 Å². The van der Waals surface area contributed by atoms with E-state index in [2.05, 4.69) is 5.32 Å². The van der Waals surface area contributed by atoms with Gasteiger partial charge in [0.2, 0.25) is 12.7 Å². The predicted molar refractivity (Wildman–Crippen MR) is 118 cm³/mol. The third-order valence-electron chi connectivity index (χ3n) is 5.23. The van der Waals surface area contributed by atoms with Crippen molar-refractivity contribution in [3.63, 3.8) is 0 Å². The van der Waals surface area contributed by atoms with Gasteiger partial charge in [0.25, 0.3) is 5.91 Å². The van der Waals surface area contributed by atoms with Crippen LogP contribution in [0.25, 0.3) is 6.08 Å². The zero-order chi connectivity index (χ0) is 22.8. The Morgan fingerprint density at radius 3 is 2.64 bits per heavy atom. The van der Waals surface area contributed by atoms with Gasteiger partial charge in [0.05, 0.1) is 5.69 Å². The molecule has 1 N–H and O–H groups in total. The molecule has 2 heterocycles. The first-order valence-corrected chi connectivity index (χ1v) is 10.3. The number of para-hydroxylation sites is 2. The van der Waals surface area contributed by atoms with E-state index < -0.39 is 5.91 Å². The number of ether oxygens (including phenoxy) is 3. The first-order chi connectivity index (χ1) is 16.1. The van der Waals surface area contributed by atoms with E-state index in [-0.39, 0.29) is 37.4 Å². The average molecular weight is 446 g/mol. The SMILES string of the molecule is O=C(CN1C(=O)/C(=C\c2ccc(F)cc2)Oc2ccccc21)NCc1ccc2c(c1)OCO2. The molecule has 7 nitrogen and oxygen atoms in total. The summed E-state index contributed by atoms with van der Waals surface area (Å²) < 4.78 is 29.7. The van der Waals surface area contributed by atoms with Gasteiger partial charge in [-0.15, -0.1) is 0 Å². The number of rotatable bonds is 5. The number of benzene rings is 3. The number of anilines is 1. The normalized spacial score (nSPS) is 15.2. The molecule has 0 aromatic heterocycles. The van der Waals surface area contributed by atoms with Crippen molar-refractivity contribution in [3.05, 3.63) is 89.4 Å². The van der Waals surface area contributed by atoms with E-state index in [9.17, 15) is 14.0 Å². The highest BCUT2D eigenvalue weighted by Crippen LogP contribution is 2.35. The first kappa shape index (κ1) is 20.6. The summed E-state index contributed by atoms with van der Waals surface area (Å²) in [6.07, 6.45) is 1.52. The minimum Gasteiger partial charge on any atom is -0.454 e. The van der Waals surface area contributed by atoms with Crippen molar-refractivity contribution in [2.24, 2.45) is 0 Å². The average Bonchev–Trinajstić information content (AvgIpc) is 3.30. The largest absolute Gasteiger partial charge is 0.454 e. The van der Waals surface area contributed by atoms with Crippen molar-refractivity contribution >= 4 is 23.6 Å². The van der Waals surface area contributed by atoms with Gasteiger partial charge < -0.3 is 19.5 Å². The molecule has 0 atom stereocenters. The van der Waals surface area contributed by atoms with Gasteiger partial charge in [-0.2, -0.15) is 0 Å². The van der Waals surface area contributed by atoms with Crippen LogP contribution in [-0.2, 0) is 16.1 Å². The Morgan fingerprint density at radius 1 is 1.00 bits per heavy atom. The molecule has 2 aliphatic rings. The van der Waals surface area contributed by atoms with Crippen LogP contribution in [0, 0.1) is 5.82 Å². The van der Waals surface area contributed by atoms with E-state index in [1.165, 1.54) is 23.1 Å². The predicted octanol–water partition coefficient (Wildman–Crippen LogP) is 3.64. The number of halogens is 1. The molecule has 5 rings (SSSR count). The summed E-state index contributed by atoms with van der Waals surface area (Å²) in [7, 11) is 0. The summed E-state index contributed by atoms with van der Waals surface area (Å²) in [6.45, 7) is 0.260. The molecule has 2 amide bonds. The third kappa shape index (κ3) is 4.36. The molecule has 33 heavy (non-hydrogen) atoms. The first-order valence-electron chi connectivity index (χ1n) is 10.3. The second-order valence-corrected chi connectivity index (χ2v) is 7.49. The molecule has 166 valence electrons. The third-order valence-corrected chi connectivity index (χ3v) is 5.23. The molecule has 0 saturated carbocycles. The molecule has 8 heteroatoms. The molecule has 0 unspecified atom stereocenters. The van der Waals surface area contributed by atoms with Crippen LogP contribution in [0.2, 0.25) is 0 Å². The number of hydrogen-bond donors (Lipinski definition) is 1. The Balaban J connectivity index is 1.33. The van der Waals surface area contributed by atoms with Gasteiger partial charge in [-0.1, -0.05) is 30.3 Å². The molecule has 0 radical (unpaired) electrons. The van der Waals surface area contributed by atoms with Crippen molar-refractivity contribution in [2.45, 2.75) is 6.54 Å². The number of carbonyl (C=O) groups excluding carboxylic acids is 2. The lowest BCUT2D eigenvalue weighted by Gasteiger charge is -2.30. The second-order valence-electron chi connectivity index (χ2n) is 7.49. The lowest BCUT2D eigenvalue weighted by Crippen LogP contribution is -2.44. The van der Waals surface area contributed by atoms with Crippen molar-refractivity contribution in [1.29, 1.82) is 0 Å². The Kier molecular flexibility index (Phi) is 5.40. The van der Waals surface area contributed by atoms with E-state index in [0.29, 0.717) is 28.5 Å². The second kappa shape index (κ2) is 8.66. The van der Waals surface area contributed by atoms with Crippen molar-refractivity contribution in [3.8, 4) is 17.2 Å². The number of fused-ring (bicyclic) bond motifs is 2. The van der Waals surface area contributed by atoms with Crippen LogP contribution < -0.4 is 24.4 Å².